The second-order valence-corrected chi connectivity index (χ2v) is 14.0. The number of ether oxygens (including phenoxy) is 2. The number of amides is 4. The highest BCUT2D eigenvalue weighted by Crippen LogP contribution is 2.36. The zero-order chi connectivity index (χ0) is 25.0. The molecule has 2 N–H and O–H groups in total. The van der Waals surface area contributed by atoms with Gasteiger partial charge in [-0.2, -0.15) is 0 Å². The zero-order valence-electron chi connectivity index (χ0n) is 20.0. The van der Waals surface area contributed by atoms with Gasteiger partial charge in [-0.1, -0.05) is 37.8 Å². The number of methoxy groups -OCH3 is 1. The Bertz CT molecular complexity index is 1110. The number of hydrogen-bond acceptors (Lipinski definition) is 6. The number of carbonyl (C=O) groups excluding carboxylic acids is 4. The molecule has 0 atom stereocenters. The lowest BCUT2D eigenvalue weighted by Crippen LogP contribution is -2.49. The highest BCUT2D eigenvalue weighted by atomic mass is 28.3. The predicted octanol–water partition coefficient (Wildman–Crippen LogP) is 2.19. The van der Waals surface area contributed by atoms with Gasteiger partial charge in [0.05, 0.1) is 20.9 Å². The fraction of sp³-hybridized carbons (Fsp3) is 0.333. The van der Waals surface area contributed by atoms with Gasteiger partial charge in [0.15, 0.2) is 0 Å². The molecule has 2 aromatic carbocycles. The molecule has 10 heteroatoms. The Morgan fingerprint density at radius 1 is 1.00 bits per heavy atom. The van der Waals surface area contributed by atoms with Crippen LogP contribution in [0.4, 0.5) is 11.4 Å². The van der Waals surface area contributed by atoms with Crippen LogP contribution in [0.15, 0.2) is 36.4 Å². The molecule has 9 nitrogen and oxygen atoms in total. The number of nitrogens with zero attached hydrogens (tertiary/aromatic N) is 1. The SMILES string of the molecule is COc1ccc(-c2c(NC(C)=O)ccc([Si](C)(C)C)c2NC(=O)CN2C(=O)COCC2=O)cc1. The van der Waals surface area contributed by atoms with Crippen molar-refractivity contribution in [1.82, 2.24) is 4.90 Å². The second kappa shape index (κ2) is 10.2. The van der Waals surface area contributed by atoms with Crippen molar-refractivity contribution in [3.05, 3.63) is 36.4 Å². The topological polar surface area (TPSA) is 114 Å². The Morgan fingerprint density at radius 2 is 1.62 bits per heavy atom. The van der Waals surface area contributed by atoms with Crippen molar-refractivity contribution in [1.29, 1.82) is 0 Å². The number of benzene rings is 2. The molecule has 0 unspecified atom stereocenters. The molecule has 0 aromatic heterocycles. The molecule has 1 aliphatic heterocycles. The van der Waals surface area contributed by atoms with E-state index in [1.807, 2.05) is 24.3 Å². The van der Waals surface area contributed by atoms with E-state index >= 15 is 0 Å². The summed E-state index contributed by atoms with van der Waals surface area (Å²) in [4.78, 5) is 50.1. The van der Waals surface area contributed by atoms with Gasteiger partial charge in [0, 0.05) is 18.2 Å². The molecule has 1 fully saturated rings. The van der Waals surface area contributed by atoms with Gasteiger partial charge >= 0.3 is 0 Å². The summed E-state index contributed by atoms with van der Waals surface area (Å²) in [6.07, 6.45) is 0. The molecule has 3 rings (SSSR count). The molecule has 2 aromatic rings. The Balaban J connectivity index is 2.11. The summed E-state index contributed by atoms with van der Waals surface area (Å²) in [5.74, 6) is -1.21. The minimum Gasteiger partial charge on any atom is -0.497 e. The molecule has 180 valence electrons. The van der Waals surface area contributed by atoms with Crippen molar-refractivity contribution < 1.29 is 28.7 Å². The highest BCUT2D eigenvalue weighted by Gasteiger charge is 2.30. The summed E-state index contributed by atoms with van der Waals surface area (Å²) in [5.41, 5.74) is 2.49. The van der Waals surface area contributed by atoms with Crippen LogP contribution in [0.1, 0.15) is 6.92 Å². The molecule has 34 heavy (non-hydrogen) atoms. The van der Waals surface area contributed by atoms with Gasteiger partial charge in [-0.15, -0.1) is 0 Å². The molecule has 0 spiro atoms. The molecule has 1 saturated heterocycles. The van der Waals surface area contributed by atoms with Crippen molar-refractivity contribution in [3.63, 3.8) is 0 Å². The van der Waals surface area contributed by atoms with E-state index in [1.54, 1.807) is 19.2 Å². The van der Waals surface area contributed by atoms with Crippen LogP contribution in [0.2, 0.25) is 19.6 Å². The fourth-order valence-corrected chi connectivity index (χ4v) is 5.25. The molecule has 0 aliphatic carbocycles. The molecular weight excluding hydrogens is 454 g/mol. The van der Waals surface area contributed by atoms with Crippen LogP contribution in [0.3, 0.4) is 0 Å². The van der Waals surface area contributed by atoms with E-state index < -0.39 is 32.3 Å². The van der Waals surface area contributed by atoms with E-state index in [1.165, 1.54) is 6.92 Å². The normalized spacial score (nSPS) is 14.1. The number of morpholine rings is 1. The third-order valence-electron chi connectivity index (χ3n) is 5.32. The van der Waals surface area contributed by atoms with Gasteiger partial charge in [0.1, 0.15) is 25.5 Å². The summed E-state index contributed by atoms with van der Waals surface area (Å²) in [6.45, 7) is 6.94. The van der Waals surface area contributed by atoms with Crippen LogP contribution >= 0.6 is 0 Å². The summed E-state index contributed by atoms with van der Waals surface area (Å²) in [6, 6.07) is 11.0. The number of anilines is 2. The van der Waals surface area contributed by atoms with Gasteiger partial charge in [-0.25, -0.2) is 0 Å². The summed E-state index contributed by atoms with van der Waals surface area (Å²) < 4.78 is 10.2. The van der Waals surface area contributed by atoms with Crippen molar-refractivity contribution in [2.45, 2.75) is 26.6 Å². The van der Waals surface area contributed by atoms with Gasteiger partial charge < -0.3 is 20.1 Å². The van der Waals surface area contributed by atoms with E-state index in [-0.39, 0.29) is 19.1 Å². The molecule has 0 saturated carbocycles. The first-order chi connectivity index (χ1) is 16.0. The van der Waals surface area contributed by atoms with Crippen molar-refractivity contribution >= 4 is 48.3 Å². The average Bonchev–Trinajstić information content (AvgIpc) is 2.75. The third-order valence-corrected chi connectivity index (χ3v) is 7.35. The minimum atomic E-state index is -1.99. The maximum atomic E-state index is 13.1. The Kier molecular flexibility index (Phi) is 7.53. The maximum absolute atomic E-state index is 13.1. The highest BCUT2D eigenvalue weighted by molar-refractivity contribution is 6.90. The molecule has 1 heterocycles. The zero-order valence-corrected chi connectivity index (χ0v) is 21.0. The summed E-state index contributed by atoms with van der Waals surface area (Å²) >= 11 is 0. The number of rotatable bonds is 7. The lowest BCUT2D eigenvalue weighted by molar-refractivity contribution is -0.159. The molecule has 0 bridgehead atoms. The van der Waals surface area contributed by atoms with E-state index in [2.05, 4.69) is 30.3 Å². The van der Waals surface area contributed by atoms with Gasteiger partial charge in [-0.05, 0) is 28.9 Å². The van der Waals surface area contributed by atoms with Crippen LogP contribution in [-0.2, 0) is 23.9 Å². The van der Waals surface area contributed by atoms with E-state index in [4.69, 9.17) is 9.47 Å². The number of hydrogen-bond donors (Lipinski definition) is 2. The van der Waals surface area contributed by atoms with Gasteiger partial charge in [-0.3, -0.25) is 24.1 Å². The minimum absolute atomic E-state index is 0.242. The van der Waals surface area contributed by atoms with Crippen LogP contribution in [-0.4, -0.2) is 63.5 Å². The fourth-order valence-electron chi connectivity index (χ4n) is 3.73. The van der Waals surface area contributed by atoms with E-state index in [9.17, 15) is 19.2 Å². The number of carbonyl (C=O) groups is 4. The van der Waals surface area contributed by atoms with Crippen molar-refractivity contribution in [3.8, 4) is 16.9 Å². The van der Waals surface area contributed by atoms with Gasteiger partial charge in [0.2, 0.25) is 11.8 Å². The number of imide groups is 1. The van der Waals surface area contributed by atoms with Crippen molar-refractivity contribution in [2.75, 3.05) is 37.5 Å². The average molecular weight is 484 g/mol. The van der Waals surface area contributed by atoms with Crippen molar-refractivity contribution in [2.24, 2.45) is 0 Å². The Labute approximate surface area is 199 Å². The van der Waals surface area contributed by atoms with Crippen LogP contribution in [0, 0.1) is 0 Å². The largest absolute Gasteiger partial charge is 0.497 e. The second-order valence-electron chi connectivity index (χ2n) is 8.98. The maximum Gasteiger partial charge on any atom is 0.255 e. The van der Waals surface area contributed by atoms with E-state index in [0.29, 0.717) is 22.7 Å². The Morgan fingerprint density at radius 3 is 2.15 bits per heavy atom. The first kappa shape index (κ1) is 25.1. The van der Waals surface area contributed by atoms with Crippen LogP contribution in [0.5, 0.6) is 5.75 Å². The molecular formula is C24H29N3O6Si. The first-order valence-corrected chi connectivity index (χ1v) is 14.3. The van der Waals surface area contributed by atoms with Crippen LogP contribution < -0.4 is 20.6 Å². The summed E-state index contributed by atoms with van der Waals surface area (Å²) in [5, 5.41) is 6.75. The summed E-state index contributed by atoms with van der Waals surface area (Å²) in [7, 11) is -0.416. The molecule has 4 amide bonds. The van der Waals surface area contributed by atoms with E-state index in [0.717, 1.165) is 15.7 Å². The molecule has 0 radical (unpaired) electrons. The van der Waals surface area contributed by atoms with Crippen LogP contribution in [0.25, 0.3) is 11.1 Å². The predicted molar refractivity (Wildman–Crippen MR) is 132 cm³/mol. The smallest absolute Gasteiger partial charge is 0.255 e. The monoisotopic (exact) mass is 483 g/mol. The lowest BCUT2D eigenvalue weighted by atomic mass is 10.0. The lowest BCUT2D eigenvalue weighted by Gasteiger charge is -2.28. The standard InChI is InChI=1S/C24H29N3O6Si/c1-15(28)25-18-10-11-19(34(3,4)5)24(23(18)16-6-8-17(32-2)9-7-16)26-20(29)12-27-21(30)13-33-14-22(27)31/h6-11H,12-14H2,1-5H3,(H,25,28)(H,26,29). The Hall–Kier alpha value is -3.50. The van der Waals surface area contributed by atoms with Gasteiger partial charge in [0.25, 0.3) is 11.8 Å². The first-order valence-electron chi connectivity index (χ1n) is 10.8. The third kappa shape index (κ3) is 5.70. The number of nitrogens with one attached hydrogen (secondary N) is 2. The molecule has 1 aliphatic rings. The quantitative estimate of drug-likeness (QED) is 0.461.